The van der Waals surface area contributed by atoms with Crippen molar-refractivity contribution in [3.63, 3.8) is 0 Å². The SMILES string of the molecule is CC(C)(C)OC(=O)N1CCc2ccc(OC(=O)C3CCN(c4ccncc4)CC3)cc2C1.O=C(O)C(F)(F)F. The molecule has 0 atom stereocenters. The van der Waals surface area contributed by atoms with Gasteiger partial charge in [-0.1, -0.05) is 6.07 Å². The van der Waals surface area contributed by atoms with Gasteiger partial charge in [-0.05, 0) is 75.4 Å². The molecule has 1 aromatic heterocycles. The van der Waals surface area contributed by atoms with Crippen molar-refractivity contribution in [3.05, 3.63) is 53.9 Å². The lowest BCUT2D eigenvalue weighted by Crippen LogP contribution is -2.40. The van der Waals surface area contributed by atoms with Crippen molar-refractivity contribution in [3.8, 4) is 5.75 Å². The summed E-state index contributed by atoms with van der Waals surface area (Å²) in [7, 11) is 0. The highest BCUT2D eigenvalue weighted by Crippen LogP contribution is 2.28. The lowest BCUT2D eigenvalue weighted by Gasteiger charge is -2.32. The quantitative estimate of drug-likeness (QED) is 0.427. The van der Waals surface area contributed by atoms with Gasteiger partial charge in [-0.3, -0.25) is 9.78 Å². The zero-order valence-corrected chi connectivity index (χ0v) is 22.0. The molecule has 0 bridgehead atoms. The van der Waals surface area contributed by atoms with Gasteiger partial charge in [0.2, 0.25) is 0 Å². The van der Waals surface area contributed by atoms with Crippen LogP contribution in [0.1, 0.15) is 44.7 Å². The molecule has 39 heavy (non-hydrogen) atoms. The van der Waals surface area contributed by atoms with Crippen molar-refractivity contribution in [2.45, 2.75) is 58.4 Å². The van der Waals surface area contributed by atoms with Crippen molar-refractivity contribution in [2.24, 2.45) is 5.92 Å². The molecule has 12 heteroatoms. The van der Waals surface area contributed by atoms with Gasteiger partial charge in [-0.2, -0.15) is 13.2 Å². The third-order valence-electron chi connectivity index (χ3n) is 6.16. The molecule has 2 aliphatic heterocycles. The Morgan fingerprint density at radius 3 is 2.15 bits per heavy atom. The molecule has 9 nitrogen and oxygen atoms in total. The Bertz CT molecular complexity index is 1160. The number of pyridine rings is 1. The minimum absolute atomic E-state index is 0.109. The van der Waals surface area contributed by atoms with Crippen LogP contribution in [0, 0.1) is 5.92 Å². The van der Waals surface area contributed by atoms with Crippen LogP contribution in [-0.2, 0) is 27.3 Å². The summed E-state index contributed by atoms with van der Waals surface area (Å²) in [6.45, 7) is 8.31. The summed E-state index contributed by atoms with van der Waals surface area (Å²) in [4.78, 5) is 42.1. The second-order valence-electron chi connectivity index (χ2n) is 10.3. The number of halogens is 3. The highest BCUT2D eigenvalue weighted by atomic mass is 19.4. The predicted molar refractivity (Wildman–Crippen MR) is 135 cm³/mol. The van der Waals surface area contributed by atoms with Gasteiger partial charge in [0.1, 0.15) is 11.4 Å². The molecule has 212 valence electrons. The van der Waals surface area contributed by atoms with Gasteiger partial charge < -0.3 is 24.4 Å². The lowest BCUT2D eigenvalue weighted by atomic mass is 9.96. The number of carbonyl (C=O) groups is 3. The van der Waals surface area contributed by atoms with E-state index in [0.29, 0.717) is 18.8 Å². The third kappa shape index (κ3) is 8.86. The van der Waals surface area contributed by atoms with Gasteiger partial charge in [-0.15, -0.1) is 0 Å². The smallest absolute Gasteiger partial charge is 0.475 e. The van der Waals surface area contributed by atoms with Crippen molar-refractivity contribution >= 4 is 23.7 Å². The summed E-state index contributed by atoms with van der Waals surface area (Å²) in [5.74, 6) is -2.51. The van der Waals surface area contributed by atoms with Crippen molar-refractivity contribution in [1.29, 1.82) is 0 Å². The monoisotopic (exact) mass is 551 g/mol. The van der Waals surface area contributed by atoms with Crippen LogP contribution in [0.2, 0.25) is 0 Å². The van der Waals surface area contributed by atoms with Crippen LogP contribution in [0.25, 0.3) is 0 Å². The molecule has 1 amide bonds. The van der Waals surface area contributed by atoms with Gasteiger partial charge in [-0.25, -0.2) is 9.59 Å². The topological polar surface area (TPSA) is 109 Å². The highest BCUT2D eigenvalue weighted by Gasteiger charge is 2.38. The van der Waals surface area contributed by atoms with Crippen LogP contribution >= 0.6 is 0 Å². The number of aromatic nitrogens is 1. The summed E-state index contributed by atoms with van der Waals surface area (Å²) in [5, 5.41) is 7.12. The fourth-order valence-corrected chi connectivity index (χ4v) is 4.21. The van der Waals surface area contributed by atoms with Gasteiger partial charge >= 0.3 is 24.2 Å². The van der Waals surface area contributed by atoms with Crippen LogP contribution in [0.15, 0.2) is 42.7 Å². The number of anilines is 1. The fourth-order valence-electron chi connectivity index (χ4n) is 4.21. The molecular weight excluding hydrogens is 519 g/mol. The van der Waals surface area contributed by atoms with E-state index in [0.717, 1.165) is 43.6 Å². The van der Waals surface area contributed by atoms with E-state index in [4.69, 9.17) is 19.4 Å². The number of benzene rings is 1. The molecule has 4 rings (SSSR count). The van der Waals surface area contributed by atoms with E-state index in [-0.39, 0.29) is 18.0 Å². The number of carbonyl (C=O) groups excluding carboxylic acids is 2. The molecule has 0 aliphatic carbocycles. The molecule has 2 aromatic rings. The lowest BCUT2D eigenvalue weighted by molar-refractivity contribution is -0.192. The molecular formula is C27H32F3N3O6. The van der Waals surface area contributed by atoms with Crippen LogP contribution < -0.4 is 9.64 Å². The number of rotatable bonds is 3. The van der Waals surface area contributed by atoms with Gasteiger partial charge in [0.05, 0.1) is 5.92 Å². The predicted octanol–water partition coefficient (Wildman–Crippen LogP) is 4.83. The first-order valence-electron chi connectivity index (χ1n) is 12.5. The zero-order valence-electron chi connectivity index (χ0n) is 22.0. The summed E-state index contributed by atoms with van der Waals surface area (Å²) >= 11 is 0. The highest BCUT2D eigenvalue weighted by molar-refractivity contribution is 5.76. The number of ether oxygens (including phenoxy) is 2. The maximum Gasteiger partial charge on any atom is 0.490 e. The number of fused-ring (bicyclic) bond motifs is 1. The number of piperidine rings is 1. The summed E-state index contributed by atoms with van der Waals surface area (Å²) in [6.07, 6.45) is 0.463. The number of hydrogen-bond donors (Lipinski definition) is 1. The average Bonchev–Trinajstić information content (AvgIpc) is 2.87. The Kier molecular flexibility index (Phi) is 9.41. The number of carboxylic acid groups (broad SMARTS) is 1. The van der Waals surface area contributed by atoms with Crippen molar-refractivity contribution in [2.75, 3.05) is 24.5 Å². The van der Waals surface area contributed by atoms with E-state index >= 15 is 0 Å². The largest absolute Gasteiger partial charge is 0.490 e. The first kappa shape index (κ1) is 29.7. The van der Waals surface area contributed by atoms with Gasteiger partial charge in [0.15, 0.2) is 0 Å². The van der Waals surface area contributed by atoms with Crippen molar-refractivity contribution in [1.82, 2.24) is 9.88 Å². The van der Waals surface area contributed by atoms with Crippen LogP contribution in [0.5, 0.6) is 5.75 Å². The number of hydrogen-bond acceptors (Lipinski definition) is 7. The van der Waals surface area contributed by atoms with Gasteiger partial charge in [0.25, 0.3) is 0 Å². The molecule has 1 saturated heterocycles. The number of esters is 1. The number of aliphatic carboxylic acids is 1. The molecule has 0 radical (unpaired) electrons. The second kappa shape index (κ2) is 12.4. The van der Waals surface area contributed by atoms with E-state index in [9.17, 15) is 22.8 Å². The second-order valence-corrected chi connectivity index (χ2v) is 10.3. The summed E-state index contributed by atoms with van der Waals surface area (Å²) in [6, 6.07) is 9.72. The Morgan fingerprint density at radius 1 is 0.974 bits per heavy atom. The standard InChI is InChI=1S/C25H31N3O4.C2HF3O2/c1-25(2,3)32-24(30)28-15-8-18-4-5-22(16-20(18)17-28)31-23(29)19-9-13-27(14-10-19)21-6-11-26-12-7-21;3-2(4,5)1(6)7/h4-7,11-12,16,19H,8-10,13-15,17H2,1-3H3;(H,6,7). The van der Waals surface area contributed by atoms with Crippen LogP contribution in [-0.4, -0.2) is 64.4 Å². The molecule has 2 aliphatic rings. The Balaban J connectivity index is 0.000000532. The maximum atomic E-state index is 12.8. The molecule has 1 aromatic carbocycles. The number of nitrogens with zero attached hydrogens (tertiary/aromatic N) is 3. The third-order valence-corrected chi connectivity index (χ3v) is 6.16. The summed E-state index contributed by atoms with van der Waals surface area (Å²) < 4.78 is 43.0. The normalized spacial score (nSPS) is 15.9. The molecule has 1 N–H and O–H groups in total. The first-order chi connectivity index (χ1) is 18.2. The van der Waals surface area contributed by atoms with Crippen molar-refractivity contribution < 1.29 is 42.1 Å². The average molecular weight is 552 g/mol. The molecule has 0 saturated carbocycles. The number of alkyl halides is 3. The first-order valence-corrected chi connectivity index (χ1v) is 12.5. The molecule has 0 unspecified atom stereocenters. The minimum atomic E-state index is -5.08. The fraction of sp³-hybridized carbons (Fsp3) is 0.481. The Hall–Kier alpha value is -3.83. The van der Waals surface area contributed by atoms with E-state index in [1.54, 1.807) is 17.3 Å². The zero-order chi connectivity index (χ0) is 28.8. The molecule has 3 heterocycles. The maximum absolute atomic E-state index is 12.8. The van der Waals surface area contributed by atoms with E-state index in [1.807, 2.05) is 51.1 Å². The Labute approximate surface area is 224 Å². The van der Waals surface area contributed by atoms with E-state index in [2.05, 4.69) is 9.88 Å². The summed E-state index contributed by atoms with van der Waals surface area (Å²) in [5.41, 5.74) is 2.79. The number of amides is 1. The van der Waals surface area contributed by atoms with E-state index in [1.165, 1.54) is 5.56 Å². The van der Waals surface area contributed by atoms with E-state index < -0.39 is 17.7 Å². The number of carboxylic acids is 1. The minimum Gasteiger partial charge on any atom is -0.475 e. The van der Waals surface area contributed by atoms with Gasteiger partial charge in [0, 0.05) is 44.3 Å². The van der Waals surface area contributed by atoms with Crippen LogP contribution in [0.3, 0.4) is 0 Å². The Morgan fingerprint density at radius 2 is 1.59 bits per heavy atom. The molecule has 1 fully saturated rings. The van der Waals surface area contributed by atoms with Crippen LogP contribution in [0.4, 0.5) is 23.7 Å². The molecule has 0 spiro atoms.